The van der Waals surface area contributed by atoms with Crippen LogP contribution in [0.2, 0.25) is 0 Å². The molecule has 2 heterocycles. The van der Waals surface area contributed by atoms with Crippen LogP contribution in [0.1, 0.15) is 27.2 Å². The molecular weight excluding hydrogens is 399 g/mol. The van der Waals surface area contributed by atoms with E-state index < -0.39 is 17.6 Å². The van der Waals surface area contributed by atoms with Crippen molar-refractivity contribution < 1.29 is 18.0 Å². The molecule has 0 atom stereocenters. The highest BCUT2D eigenvalue weighted by Crippen LogP contribution is 2.30. The number of rotatable bonds is 4. The van der Waals surface area contributed by atoms with E-state index in [4.69, 9.17) is 0 Å². The van der Waals surface area contributed by atoms with Gasteiger partial charge in [-0.25, -0.2) is 4.98 Å². The Morgan fingerprint density at radius 1 is 1.17 bits per heavy atom. The standard InChI is InChI=1S/C21H16F3N3OS/c1-13-5-7-15(8-6-13)18-17(26-20-27(18)9-10-29-20)19(28)25-12-14-3-2-4-16(11-14)21(22,23)24/h2-11H,12H2,1H3,(H,25,28). The zero-order chi connectivity index (χ0) is 20.6. The highest BCUT2D eigenvalue weighted by atomic mass is 32.1. The summed E-state index contributed by atoms with van der Waals surface area (Å²) in [4.78, 5) is 17.9. The second kappa shape index (κ2) is 7.36. The van der Waals surface area contributed by atoms with Gasteiger partial charge in [0.25, 0.3) is 5.91 Å². The van der Waals surface area contributed by atoms with Crippen molar-refractivity contribution >= 4 is 22.2 Å². The van der Waals surface area contributed by atoms with Gasteiger partial charge in [0, 0.05) is 23.7 Å². The minimum Gasteiger partial charge on any atom is -0.347 e. The first kappa shape index (κ1) is 19.2. The monoisotopic (exact) mass is 415 g/mol. The van der Waals surface area contributed by atoms with E-state index in [2.05, 4.69) is 10.3 Å². The van der Waals surface area contributed by atoms with Gasteiger partial charge in [0.2, 0.25) is 0 Å². The van der Waals surface area contributed by atoms with E-state index in [1.807, 2.05) is 47.2 Å². The van der Waals surface area contributed by atoms with Gasteiger partial charge in [-0.1, -0.05) is 42.0 Å². The number of nitrogens with one attached hydrogen (secondary N) is 1. The SMILES string of the molecule is Cc1ccc(-c2c(C(=O)NCc3cccc(C(F)(F)F)c3)nc3sccn23)cc1. The van der Waals surface area contributed by atoms with Crippen LogP contribution >= 0.6 is 11.3 Å². The van der Waals surface area contributed by atoms with Crippen molar-refractivity contribution in [3.05, 3.63) is 82.5 Å². The number of aromatic nitrogens is 2. The summed E-state index contributed by atoms with van der Waals surface area (Å²) >= 11 is 1.40. The Hall–Kier alpha value is -3.13. The van der Waals surface area contributed by atoms with Crippen molar-refractivity contribution in [2.45, 2.75) is 19.6 Å². The lowest BCUT2D eigenvalue weighted by Gasteiger charge is -2.10. The Bertz CT molecular complexity index is 1180. The third-order valence-electron chi connectivity index (χ3n) is 4.51. The summed E-state index contributed by atoms with van der Waals surface area (Å²) in [6.45, 7) is 1.95. The number of thiazole rings is 1. The molecule has 8 heteroatoms. The smallest absolute Gasteiger partial charge is 0.347 e. The summed E-state index contributed by atoms with van der Waals surface area (Å²) in [6, 6.07) is 12.6. The van der Waals surface area contributed by atoms with Crippen molar-refractivity contribution in [3.8, 4) is 11.3 Å². The lowest BCUT2D eigenvalue weighted by Crippen LogP contribution is -2.24. The summed E-state index contributed by atoms with van der Waals surface area (Å²) in [5, 5.41) is 4.57. The Morgan fingerprint density at radius 2 is 1.93 bits per heavy atom. The Kier molecular flexibility index (Phi) is 4.87. The number of carbonyl (C=O) groups is 1. The molecule has 2 aromatic heterocycles. The van der Waals surface area contributed by atoms with E-state index in [0.29, 0.717) is 16.2 Å². The van der Waals surface area contributed by atoms with Crippen molar-refractivity contribution in [2.24, 2.45) is 0 Å². The highest BCUT2D eigenvalue weighted by Gasteiger charge is 2.30. The number of hydrogen-bond acceptors (Lipinski definition) is 3. The van der Waals surface area contributed by atoms with Crippen LogP contribution in [0.3, 0.4) is 0 Å². The first-order valence-electron chi connectivity index (χ1n) is 8.80. The summed E-state index contributed by atoms with van der Waals surface area (Å²) in [5.41, 5.74) is 2.45. The van der Waals surface area contributed by atoms with Crippen molar-refractivity contribution in [2.75, 3.05) is 0 Å². The number of imidazole rings is 1. The minimum absolute atomic E-state index is 0.0265. The lowest BCUT2D eigenvalue weighted by atomic mass is 10.1. The van der Waals surface area contributed by atoms with E-state index in [1.54, 1.807) is 6.07 Å². The van der Waals surface area contributed by atoms with Crippen LogP contribution in [0.15, 0.2) is 60.1 Å². The van der Waals surface area contributed by atoms with Gasteiger partial charge in [-0.15, -0.1) is 11.3 Å². The predicted octanol–water partition coefficient (Wildman–Crippen LogP) is 5.32. The van der Waals surface area contributed by atoms with Crippen LogP contribution < -0.4 is 5.32 Å². The molecule has 1 amide bonds. The first-order chi connectivity index (χ1) is 13.8. The Morgan fingerprint density at radius 3 is 2.66 bits per heavy atom. The van der Waals surface area contributed by atoms with Crippen LogP contribution in [-0.4, -0.2) is 15.3 Å². The second-order valence-electron chi connectivity index (χ2n) is 6.61. The van der Waals surface area contributed by atoms with Crippen molar-refractivity contribution in [3.63, 3.8) is 0 Å². The first-order valence-corrected chi connectivity index (χ1v) is 9.68. The van der Waals surface area contributed by atoms with Gasteiger partial charge in [0.1, 0.15) is 0 Å². The van der Waals surface area contributed by atoms with E-state index in [0.717, 1.165) is 23.3 Å². The fourth-order valence-electron chi connectivity index (χ4n) is 3.06. The topological polar surface area (TPSA) is 46.4 Å². The third-order valence-corrected chi connectivity index (χ3v) is 5.27. The van der Waals surface area contributed by atoms with Crippen LogP contribution in [0.5, 0.6) is 0 Å². The Balaban J connectivity index is 1.62. The number of amides is 1. The van der Waals surface area contributed by atoms with Gasteiger partial charge >= 0.3 is 6.18 Å². The molecule has 4 nitrogen and oxygen atoms in total. The lowest BCUT2D eigenvalue weighted by molar-refractivity contribution is -0.137. The number of aryl methyl sites for hydroxylation is 1. The molecule has 0 saturated carbocycles. The number of nitrogens with zero attached hydrogens (tertiary/aromatic N) is 2. The summed E-state index contributed by atoms with van der Waals surface area (Å²) in [5.74, 6) is -0.436. The molecule has 2 aromatic carbocycles. The van der Waals surface area contributed by atoms with E-state index in [1.165, 1.54) is 17.4 Å². The average molecular weight is 415 g/mol. The molecule has 0 unspecified atom stereocenters. The van der Waals surface area contributed by atoms with Crippen molar-refractivity contribution in [1.82, 2.24) is 14.7 Å². The molecule has 1 N–H and O–H groups in total. The summed E-state index contributed by atoms with van der Waals surface area (Å²) in [6.07, 6.45) is -2.58. The number of hydrogen-bond donors (Lipinski definition) is 1. The van der Waals surface area contributed by atoms with Crippen LogP contribution in [-0.2, 0) is 12.7 Å². The maximum absolute atomic E-state index is 12.9. The fourth-order valence-corrected chi connectivity index (χ4v) is 3.77. The van der Waals surface area contributed by atoms with Gasteiger partial charge < -0.3 is 5.32 Å². The fraction of sp³-hybridized carbons (Fsp3) is 0.143. The third kappa shape index (κ3) is 3.88. The molecule has 0 aliphatic carbocycles. The molecule has 0 bridgehead atoms. The van der Waals surface area contributed by atoms with Crippen LogP contribution in [0, 0.1) is 6.92 Å². The number of carbonyl (C=O) groups excluding carboxylic acids is 1. The zero-order valence-electron chi connectivity index (χ0n) is 15.3. The number of halogens is 3. The van der Waals surface area contributed by atoms with Gasteiger partial charge in [-0.2, -0.15) is 13.2 Å². The molecule has 0 fully saturated rings. The average Bonchev–Trinajstić information content (AvgIpc) is 3.28. The predicted molar refractivity (Wildman–Crippen MR) is 106 cm³/mol. The quantitative estimate of drug-likeness (QED) is 0.490. The molecule has 0 spiro atoms. The molecule has 0 saturated heterocycles. The molecule has 148 valence electrons. The molecule has 4 rings (SSSR count). The molecule has 4 aromatic rings. The second-order valence-corrected chi connectivity index (χ2v) is 7.48. The number of fused-ring (bicyclic) bond motifs is 1. The normalized spacial score (nSPS) is 11.7. The largest absolute Gasteiger partial charge is 0.416 e. The molecule has 0 aliphatic heterocycles. The van der Waals surface area contributed by atoms with Gasteiger partial charge in [0.05, 0.1) is 11.3 Å². The summed E-state index contributed by atoms with van der Waals surface area (Å²) < 4.78 is 40.5. The Labute approximate surface area is 168 Å². The summed E-state index contributed by atoms with van der Waals surface area (Å²) in [7, 11) is 0. The minimum atomic E-state index is -4.42. The number of alkyl halides is 3. The molecule has 0 radical (unpaired) electrons. The molecule has 29 heavy (non-hydrogen) atoms. The van der Waals surface area contributed by atoms with Gasteiger partial charge in [-0.3, -0.25) is 9.20 Å². The van der Waals surface area contributed by atoms with Gasteiger partial charge in [-0.05, 0) is 24.6 Å². The van der Waals surface area contributed by atoms with Crippen molar-refractivity contribution in [1.29, 1.82) is 0 Å². The highest BCUT2D eigenvalue weighted by molar-refractivity contribution is 7.15. The maximum Gasteiger partial charge on any atom is 0.416 e. The van der Waals surface area contributed by atoms with E-state index >= 15 is 0 Å². The van der Waals surface area contributed by atoms with E-state index in [-0.39, 0.29) is 12.2 Å². The number of benzene rings is 2. The molecule has 0 aliphatic rings. The molecular formula is C21H16F3N3OS. The zero-order valence-corrected chi connectivity index (χ0v) is 16.1. The van der Waals surface area contributed by atoms with E-state index in [9.17, 15) is 18.0 Å². The van der Waals surface area contributed by atoms with Crippen LogP contribution in [0.25, 0.3) is 16.2 Å². The van der Waals surface area contributed by atoms with Crippen LogP contribution in [0.4, 0.5) is 13.2 Å². The maximum atomic E-state index is 12.9. The van der Waals surface area contributed by atoms with Gasteiger partial charge in [0.15, 0.2) is 10.7 Å².